The monoisotopic (exact) mass is 277 g/mol. The fourth-order valence-electron chi connectivity index (χ4n) is 2.76. The predicted molar refractivity (Wildman–Crippen MR) is 79.3 cm³/mol. The fourth-order valence-corrected chi connectivity index (χ4v) is 2.76. The van der Waals surface area contributed by atoms with E-state index in [9.17, 15) is 9.90 Å². The van der Waals surface area contributed by atoms with Crippen molar-refractivity contribution in [2.75, 3.05) is 13.6 Å². The molecular formula is C15H23N3O2. The Morgan fingerprint density at radius 1 is 1.50 bits per heavy atom. The smallest absolute Gasteiger partial charge is 0.272 e. The third-order valence-electron chi connectivity index (χ3n) is 4.03. The number of amides is 1. The Hall–Kier alpha value is -1.78. The number of nitrogens with zero attached hydrogens (tertiary/aromatic N) is 2. The van der Waals surface area contributed by atoms with Gasteiger partial charge < -0.3 is 10.4 Å². The van der Waals surface area contributed by atoms with E-state index in [2.05, 4.69) is 17.0 Å². The second-order valence-corrected chi connectivity index (χ2v) is 5.48. The highest BCUT2D eigenvalue weighted by Gasteiger charge is 2.23. The molecule has 1 heterocycles. The van der Waals surface area contributed by atoms with E-state index in [1.54, 1.807) is 18.3 Å². The van der Waals surface area contributed by atoms with Crippen molar-refractivity contribution in [3.8, 4) is 0 Å². The molecule has 0 saturated heterocycles. The van der Waals surface area contributed by atoms with Gasteiger partial charge in [0.15, 0.2) is 5.71 Å². The second kappa shape index (κ2) is 6.59. The molecule has 2 rings (SSSR count). The Bertz CT molecular complexity index is 448. The summed E-state index contributed by atoms with van der Waals surface area (Å²) in [7, 11) is 1.54. The summed E-state index contributed by atoms with van der Waals surface area (Å²) >= 11 is 0. The third kappa shape index (κ3) is 3.40. The summed E-state index contributed by atoms with van der Waals surface area (Å²) in [4.78, 5) is 11.7. The number of hydrogen-bond acceptors (Lipinski definition) is 4. The van der Waals surface area contributed by atoms with Gasteiger partial charge in [0.2, 0.25) is 0 Å². The summed E-state index contributed by atoms with van der Waals surface area (Å²) in [6, 6.07) is 0. The lowest BCUT2D eigenvalue weighted by Gasteiger charge is -2.26. The number of carbonyl (C=O) groups is 1. The van der Waals surface area contributed by atoms with Crippen LogP contribution in [0.3, 0.4) is 0 Å². The lowest BCUT2D eigenvalue weighted by Crippen LogP contribution is -2.34. The predicted octanol–water partition coefficient (Wildman–Crippen LogP) is 2.33. The van der Waals surface area contributed by atoms with Crippen molar-refractivity contribution in [1.29, 1.82) is 0 Å². The van der Waals surface area contributed by atoms with Crippen LogP contribution in [0.25, 0.3) is 0 Å². The van der Waals surface area contributed by atoms with Crippen LogP contribution in [0, 0.1) is 5.92 Å². The minimum Gasteiger partial charge on any atom is -0.506 e. The molecule has 1 amide bonds. The summed E-state index contributed by atoms with van der Waals surface area (Å²) in [5, 5.41) is 18.3. The van der Waals surface area contributed by atoms with Gasteiger partial charge in [0, 0.05) is 19.2 Å². The van der Waals surface area contributed by atoms with Crippen LogP contribution < -0.4 is 5.32 Å². The van der Waals surface area contributed by atoms with E-state index < -0.39 is 0 Å². The fraction of sp³-hybridized carbons (Fsp3) is 0.600. The molecule has 110 valence electrons. The highest BCUT2D eigenvalue weighted by molar-refractivity contribution is 6.46. The molecule has 0 atom stereocenters. The number of nitrogens with one attached hydrogen (secondary N) is 1. The highest BCUT2D eigenvalue weighted by Crippen LogP contribution is 2.27. The lowest BCUT2D eigenvalue weighted by molar-refractivity contribution is -0.114. The topological polar surface area (TPSA) is 64.9 Å². The molecule has 0 aromatic heterocycles. The van der Waals surface area contributed by atoms with E-state index in [1.165, 1.54) is 32.1 Å². The van der Waals surface area contributed by atoms with E-state index >= 15 is 0 Å². The maximum atomic E-state index is 11.7. The highest BCUT2D eigenvalue weighted by atomic mass is 16.3. The number of hydrazone groups is 1. The maximum Gasteiger partial charge on any atom is 0.272 e. The van der Waals surface area contributed by atoms with Crippen molar-refractivity contribution in [2.45, 2.75) is 38.5 Å². The van der Waals surface area contributed by atoms with E-state index in [1.807, 2.05) is 0 Å². The number of allylic oxidation sites excluding steroid dienone is 1. The minimum atomic E-state index is -0.322. The van der Waals surface area contributed by atoms with Gasteiger partial charge in [-0.25, -0.2) is 0 Å². The van der Waals surface area contributed by atoms with Crippen LogP contribution in [0.1, 0.15) is 38.5 Å². The molecular weight excluding hydrogens is 254 g/mol. The third-order valence-corrected chi connectivity index (χ3v) is 4.03. The molecule has 5 heteroatoms. The average molecular weight is 277 g/mol. The first-order chi connectivity index (χ1) is 9.61. The Morgan fingerprint density at radius 3 is 2.85 bits per heavy atom. The first-order valence-electron chi connectivity index (χ1n) is 7.29. The van der Waals surface area contributed by atoms with Gasteiger partial charge in [0.1, 0.15) is 5.76 Å². The van der Waals surface area contributed by atoms with Crippen LogP contribution in [0.4, 0.5) is 0 Å². The number of carbonyl (C=O) groups excluding carboxylic acids is 1. The molecule has 0 unspecified atom stereocenters. The van der Waals surface area contributed by atoms with Gasteiger partial charge in [-0.3, -0.25) is 9.80 Å². The average Bonchev–Trinajstić information content (AvgIpc) is 2.48. The van der Waals surface area contributed by atoms with Crippen molar-refractivity contribution in [2.24, 2.45) is 11.0 Å². The molecule has 1 aliphatic carbocycles. The normalized spacial score (nSPS) is 20.4. The van der Waals surface area contributed by atoms with Crippen molar-refractivity contribution in [1.82, 2.24) is 10.3 Å². The van der Waals surface area contributed by atoms with Crippen LogP contribution in [0.5, 0.6) is 0 Å². The van der Waals surface area contributed by atoms with Crippen LogP contribution in [-0.4, -0.2) is 35.3 Å². The molecule has 1 aliphatic heterocycles. The molecule has 1 fully saturated rings. The Morgan fingerprint density at radius 2 is 2.20 bits per heavy atom. The number of aliphatic hydroxyl groups is 1. The molecule has 0 radical (unpaired) electrons. The molecule has 2 aliphatic rings. The van der Waals surface area contributed by atoms with Crippen molar-refractivity contribution >= 4 is 11.6 Å². The standard InChI is InChI=1S/C15H23N3O2/c1-11-13(19)10-18(17-14(11)15(20)16-2)9-8-12-6-4-3-5-7-12/h10,12,19H,1,3-9H2,2H3,(H,16,20). The SMILES string of the molecule is C=C1C(O)=CN(CCC2CCCCC2)N=C1C(=O)NC. The van der Waals surface area contributed by atoms with Crippen LogP contribution in [0.2, 0.25) is 0 Å². The number of rotatable bonds is 4. The molecule has 0 aromatic carbocycles. The molecule has 20 heavy (non-hydrogen) atoms. The van der Waals surface area contributed by atoms with E-state index in [4.69, 9.17) is 0 Å². The molecule has 0 bridgehead atoms. The van der Waals surface area contributed by atoms with Gasteiger partial charge in [-0.05, 0) is 12.3 Å². The number of aliphatic hydroxyl groups excluding tert-OH is 1. The largest absolute Gasteiger partial charge is 0.506 e. The van der Waals surface area contributed by atoms with Gasteiger partial charge in [-0.2, -0.15) is 5.10 Å². The Kier molecular flexibility index (Phi) is 4.82. The van der Waals surface area contributed by atoms with Crippen LogP contribution >= 0.6 is 0 Å². The quantitative estimate of drug-likeness (QED) is 0.829. The number of hydrogen-bond donors (Lipinski definition) is 2. The van der Waals surface area contributed by atoms with E-state index in [-0.39, 0.29) is 23.0 Å². The Balaban J connectivity index is 1.97. The zero-order chi connectivity index (χ0) is 14.5. The molecule has 0 aromatic rings. The summed E-state index contributed by atoms with van der Waals surface area (Å²) in [5.74, 6) is 0.433. The first kappa shape index (κ1) is 14.6. The minimum absolute atomic E-state index is 0.0160. The molecule has 0 spiro atoms. The molecule has 5 nitrogen and oxygen atoms in total. The molecule has 2 N–H and O–H groups in total. The van der Waals surface area contributed by atoms with Gasteiger partial charge in [0.05, 0.1) is 6.20 Å². The summed E-state index contributed by atoms with van der Waals surface area (Å²) < 4.78 is 0. The van der Waals surface area contributed by atoms with Gasteiger partial charge in [-0.15, -0.1) is 0 Å². The van der Waals surface area contributed by atoms with Gasteiger partial charge in [0.25, 0.3) is 5.91 Å². The zero-order valence-corrected chi connectivity index (χ0v) is 12.1. The van der Waals surface area contributed by atoms with E-state index in [0.29, 0.717) is 0 Å². The van der Waals surface area contributed by atoms with Crippen molar-refractivity contribution in [3.05, 3.63) is 24.1 Å². The summed E-state index contributed by atoms with van der Waals surface area (Å²) in [6.45, 7) is 4.42. The summed E-state index contributed by atoms with van der Waals surface area (Å²) in [6.07, 6.45) is 9.13. The van der Waals surface area contributed by atoms with Crippen molar-refractivity contribution < 1.29 is 9.90 Å². The second-order valence-electron chi connectivity index (χ2n) is 5.48. The van der Waals surface area contributed by atoms with E-state index in [0.717, 1.165) is 18.9 Å². The van der Waals surface area contributed by atoms with Crippen LogP contribution in [-0.2, 0) is 4.79 Å². The first-order valence-corrected chi connectivity index (χ1v) is 7.29. The maximum absolute atomic E-state index is 11.7. The Labute approximate surface area is 120 Å². The van der Waals surface area contributed by atoms with Gasteiger partial charge >= 0.3 is 0 Å². The summed E-state index contributed by atoms with van der Waals surface area (Å²) in [5.41, 5.74) is 0.467. The molecule has 1 saturated carbocycles. The van der Waals surface area contributed by atoms with Crippen LogP contribution in [0.15, 0.2) is 29.2 Å². The van der Waals surface area contributed by atoms with Gasteiger partial charge in [-0.1, -0.05) is 38.7 Å². The van der Waals surface area contributed by atoms with Crippen molar-refractivity contribution in [3.63, 3.8) is 0 Å². The zero-order valence-electron chi connectivity index (χ0n) is 12.1. The lowest BCUT2D eigenvalue weighted by atomic mass is 9.87.